The molecule has 0 amide bonds. The van der Waals surface area contributed by atoms with E-state index in [0.29, 0.717) is 0 Å². The highest BCUT2D eigenvalue weighted by molar-refractivity contribution is 6.12. The zero-order chi connectivity index (χ0) is 33.3. The fourth-order valence-electron chi connectivity index (χ4n) is 6.89. The third-order valence-corrected chi connectivity index (χ3v) is 9.50. The molecule has 0 unspecified atom stereocenters. The second-order valence-electron chi connectivity index (χ2n) is 12.6. The van der Waals surface area contributed by atoms with E-state index in [0.717, 1.165) is 44.5 Å². The Hall–Kier alpha value is -6.64. The molecule has 9 aromatic rings. The van der Waals surface area contributed by atoms with Crippen molar-refractivity contribution in [3.8, 4) is 67.2 Å². The first-order valence-corrected chi connectivity index (χ1v) is 17.0. The van der Waals surface area contributed by atoms with Gasteiger partial charge in [0, 0.05) is 16.5 Å². The van der Waals surface area contributed by atoms with E-state index in [1.54, 1.807) is 0 Å². The van der Waals surface area contributed by atoms with Gasteiger partial charge in [0.1, 0.15) is 0 Å². The Bertz CT molecular complexity index is 2610. The van der Waals surface area contributed by atoms with Crippen LogP contribution < -0.4 is 0 Å². The lowest BCUT2D eigenvalue weighted by molar-refractivity contribution is 1.23. The smallest absolute Gasteiger partial charge is 0.160 e. The summed E-state index contributed by atoms with van der Waals surface area (Å²) < 4.78 is 0. The largest absolute Gasteiger partial charge is 0.228 e. The van der Waals surface area contributed by atoms with Crippen LogP contribution in [0.2, 0.25) is 0 Å². The topological polar surface area (TPSA) is 25.8 Å². The van der Waals surface area contributed by atoms with Gasteiger partial charge in [0.15, 0.2) is 5.82 Å². The Morgan fingerprint density at radius 3 is 1.32 bits per heavy atom. The van der Waals surface area contributed by atoms with E-state index in [-0.39, 0.29) is 0 Å². The first kappa shape index (κ1) is 29.5. The molecule has 0 radical (unpaired) electrons. The Balaban J connectivity index is 1.01. The molecule has 0 saturated carbocycles. The second-order valence-corrected chi connectivity index (χ2v) is 12.6. The summed E-state index contributed by atoms with van der Waals surface area (Å²) in [6.07, 6.45) is 0. The minimum Gasteiger partial charge on any atom is -0.228 e. The van der Waals surface area contributed by atoms with Gasteiger partial charge in [0.25, 0.3) is 0 Å². The van der Waals surface area contributed by atoms with Gasteiger partial charge in [-0.1, -0.05) is 176 Å². The average molecular weight is 637 g/mol. The number of aromatic nitrogens is 2. The highest BCUT2D eigenvalue weighted by atomic mass is 14.9. The normalized spacial score (nSPS) is 11.2. The molecule has 9 rings (SSSR count). The summed E-state index contributed by atoms with van der Waals surface area (Å²) in [5.74, 6) is 0.725. The van der Waals surface area contributed by atoms with Crippen molar-refractivity contribution >= 4 is 21.7 Å². The molecule has 1 heterocycles. The summed E-state index contributed by atoms with van der Waals surface area (Å²) in [6.45, 7) is 0. The van der Waals surface area contributed by atoms with Gasteiger partial charge in [-0.2, -0.15) is 0 Å². The predicted molar refractivity (Wildman–Crippen MR) is 210 cm³/mol. The van der Waals surface area contributed by atoms with E-state index >= 15 is 0 Å². The fourth-order valence-corrected chi connectivity index (χ4v) is 6.89. The molecule has 50 heavy (non-hydrogen) atoms. The third kappa shape index (κ3) is 5.63. The van der Waals surface area contributed by atoms with Crippen molar-refractivity contribution in [2.45, 2.75) is 0 Å². The molecule has 0 atom stereocenters. The van der Waals surface area contributed by atoms with E-state index in [2.05, 4.69) is 188 Å². The van der Waals surface area contributed by atoms with Crippen LogP contribution in [0.5, 0.6) is 0 Å². The van der Waals surface area contributed by atoms with Crippen molar-refractivity contribution < 1.29 is 0 Å². The van der Waals surface area contributed by atoms with Crippen molar-refractivity contribution in [3.63, 3.8) is 0 Å². The maximum Gasteiger partial charge on any atom is 0.160 e. The molecule has 0 spiro atoms. The number of hydrogen-bond donors (Lipinski definition) is 0. The van der Waals surface area contributed by atoms with Crippen molar-refractivity contribution in [2.75, 3.05) is 0 Å². The maximum absolute atomic E-state index is 5.18. The van der Waals surface area contributed by atoms with Crippen molar-refractivity contribution in [2.24, 2.45) is 0 Å². The monoisotopic (exact) mass is 636 g/mol. The van der Waals surface area contributed by atoms with Crippen molar-refractivity contribution in [3.05, 3.63) is 194 Å². The molecular formula is C48H32N2. The molecule has 234 valence electrons. The molecule has 0 bridgehead atoms. The Kier molecular flexibility index (Phi) is 7.53. The van der Waals surface area contributed by atoms with E-state index in [9.17, 15) is 0 Å². The molecule has 2 nitrogen and oxygen atoms in total. The van der Waals surface area contributed by atoms with Gasteiger partial charge in [-0.15, -0.1) is 0 Å². The molecule has 0 aliphatic carbocycles. The summed E-state index contributed by atoms with van der Waals surface area (Å²) in [5, 5.41) is 3.43. The summed E-state index contributed by atoms with van der Waals surface area (Å²) in [5.41, 5.74) is 13.6. The molecule has 1 aromatic heterocycles. The number of benzene rings is 8. The second kappa shape index (κ2) is 12.8. The van der Waals surface area contributed by atoms with Gasteiger partial charge in [-0.25, -0.2) is 9.97 Å². The minimum absolute atomic E-state index is 0.725. The lowest BCUT2D eigenvalue weighted by Crippen LogP contribution is -1.96. The summed E-state index contributed by atoms with van der Waals surface area (Å²) in [7, 11) is 0. The Morgan fingerprint density at radius 2 is 0.720 bits per heavy atom. The van der Waals surface area contributed by atoms with Crippen LogP contribution in [0.1, 0.15) is 0 Å². The van der Waals surface area contributed by atoms with Gasteiger partial charge < -0.3 is 0 Å². The highest BCUT2D eigenvalue weighted by Gasteiger charge is 2.14. The number of nitrogens with zero attached hydrogens (tertiary/aromatic N) is 2. The summed E-state index contributed by atoms with van der Waals surface area (Å²) >= 11 is 0. The number of hydrogen-bond acceptors (Lipinski definition) is 2. The molecule has 0 fully saturated rings. The molecular weight excluding hydrogens is 605 g/mol. The van der Waals surface area contributed by atoms with Gasteiger partial charge in [0.2, 0.25) is 0 Å². The van der Waals surface area contributed by atoms with Crippen molar-refractivity contribution in [1.29, 1.82) is 0 Å². The fraction of sp³-hybridized carbons (Fsp3) is 0. The third-order valence-electron chi connectivity index (χ3n) is 9.50. The van der Waals surface area contributed by atoms with Gasteiger partial charge in [-0.3, -0.25) is 0 Å². The Labute approximate surface area is 292 Å². The van der Waals surface area contributed by atoms with Crippen LogP contribution in [0, 0.1) is 0 Å². The molecule has 2 heteroatoms. The van der Waals surface area contributed by atoms with Crippen LogP contribution in [0.15, 0.2) is 194 Å². The first-order chi connectivity index (χ1) is 24.8. The summed E-state index contributed by atoms with van der Waals surface area (Å²) in [6, 6.07) is 68.7. The van der Waals surface area contributed by atoms with Crippen LogP contribution in [0.4, 0.5) is 0 Å². The lowest BCUT2D eigenvalue weighted by atomic mass is 9.95. The number of fused-ring (bicyclic) bond motifs is 3. The van der Waals surface area contributed by atoms with Crippen LogP contribution in [0.25, 0.3) is 88.8 Å². The maximum atomic E-state index is 5.18. The van der Waals surface area contributed by atoms with Crippen LogP contribution in [0.3, 0.4) is 0 Å². The van der Waals surface area contributed by atoms with Crippen LogP contribution in [-0.4, -0.2) is 9.97 Å². The lowest BCUT2D eigenvalue weighted by Gasteiger charge is -2.12. The molecule has 0 aliphatic rings. The van der Waals surface area contributed by atoms with E-state index in [1.807, 2.05) is 6.07 Å². The quantitative estimate of drug-likeness (QED) is 0.170. The van der Waals surface area contributed by atoms with Gasteiger partial charge in [0.05, 0.1) is 11.2 Å². The predicted octanol–water partition coefficient (Wildman–Crippen LogP) is 12.8. The van der Waals surface area contributed by atoms with Crippen LogP contribution >= 0.6 is 0 Å². The zero-order valence-electron chi connectivity index (χ0n) is 27.4. The SMILES string of the molecule is c1ccc(-c2cccc(-c3cccc(-c4ccc(-c5ccc(-c6nc(-c7ccccc7)c7c(ccc8ccccc87)n6)cc5)cc4)c3)c2)cc1. The standard InChI is InChI=1S/C48H32N2/c1-3-11-33(12-4-1)40-16-9-18-42(31-40)43-19-10-17-41(32-43)36-23-21-34(22-24-36)35-25-27-39(28-26-35)48-49-45-30-29-37-13-7-8-20-44(37)46(45)47(50-48)38-14-5-2-6-15-38/h1-32H. The number of rotatable bonds is 6. The van der Waals surface area contributed by atoms with E-state index < -0.39 is 0 Å². The molecule has 8 aromatic carbocycles. The highest BCUT2D eigenvalue weighted by Crippen LogP contribution is 2.35. The summed E-state index contributed by atoms with van der Waals surface area (Å²) in [4.78, 5) is 10.2. The zero-order valence-corrected chi connectivity index (χ0v) is 27.4. The molecule has 0 saturated heterocycles. The Morgan fingerprint density at radius 1 is 0.280 bits per heavy atom. The van der Waals surface area contributed by atoms with Crippen molar-refractivity contribution in [1.82, 2.24) is 9.97 Å². The van der Waals surface area contributed by atoms with E-state index in [1.165, 1.54) is 44.3 Å². The first-order valence-electron chi connectivity index (χ1n) is 17.0. The molecule has 0 aliphatic heterocycles. The average Bonchev–Trinajstić information content (AvgIpc) is 3.21. The minimum atomic E-state index is 0.725. The van der Waals surface area contributed by atoms with E-state index in [4.69, 9.17) is 9.97 Å². The van der Waals surface area contributed by atoms with Gasteiger partial charge >= 0.3 is 0 Å². The van der Waals surface area contributed by atoms with Crippen LogP contribution in [-0.2, 0) is 0 Å². The van der Waals surface area contributed by atoms with Gasteiger partial charge in [-0.05, 0) is 73.5 Å². The molecule has 0 N–H and O–H groups in total.